The second kappa shape index (κ2) is 8.27. The van der Waals surface area contributed by atoms with Gasteiger partial charge in [-0.2, -0.15) is 5.10 Å². The van der Waals surface area contributed by atoms with Crippen LogP contribution in [0.5, 0.6) is 0 Å². The molecule has 2 heterocycles. The summed E-state index contributed by atoms with van der Waals surface area (Å²) in [5, 5.41) is 13.9. The lowest BCUT2D eigenvalue weighted by Gasteiger charge is -2.16. The van der Waals surface area contributed by atoms with Crippen molar-refractivity contribution in [3.8, 4) is 0 Å². The smallest absolute Gasteiger partial charge is 0.224 e. The molecule has 1 amide bonds. The summed E-state index contributed by atoms with van der Waals surface area (Å²) in [7, 11) is 1.87. The molecule has 0 aliphatic carbocycles. The van der Waals surface area contributed by atoms with Gasteiger partial charge in [-0.15, -0.1) is 0 Å². The van der Waals surface area contributed by atoms with Gasteiger partial charge in [0.1, 0.15) is 0 Å². The number of ether oxygens (including phenoxy) is 1. The number of nitrogens with zero attached hydrogens (tertiary/aromatic N) is 3. The quantitative estimate of drug-likeness (QED) is 0.775. The predicted octanol–water partition coefficient (Wildman–Crippen LogP) is 1.56. The number of carbonyl (C=O) groups is 1. The van der Waals surface area contributed by atoms with Crippen LogP contribution < -0.4 is 0 Å². The van der Waals surface area contributed by atoms with E-state index < -0.39 is 0 Å². The van der Waals surface area contributed by atoms with Crippen LogP contribution in [0.1, 0.15) is 23.5 Å². The van der Waals surface area contributed by atoms with E-state index in [1.165, 1.54) is 0 Å². The van der Waals surface area contributed by atoms with Gasteiger partial charge >= 0.3 is 0 Å². The van der Waals surface area contributed by atoms with Crippen LogP contribution >= 0.6 is 0 Å². The van der Waals surface area contributed by atoms with Gasteiger partial charge in [0.05, 0.1) is 25.8 Å². The molecule has 0 bridgehead atoms. The maximum Gasteiger partial charge on any atom is 0.224 e. The van der Waals surface area contributed by atoms with Crippen molar-refractivity contribution in [2.24, 2.45) is 13.0 Å². The monoisotopic (exact) mass is 343 g/mol. The van der Waals surface area contributed by atoms with Crippen molar-refractivity contribution in [2.75, 3.05) is 26.3 Å². The minimum atomic E-state index is 0.0680. The Bertz CT molecular complexity index is 686. The van der Waals surface area contributed by atoms with Gasteiger partial charge in [-0.1, -0.05) is 30.3 Å². The summed E-state index contributed by atoms with van der Waals surface area (Å²) in [6.07, 6.45) is 4.15. The van der Waals surface area contributed by atoms with Gasteiger partial charge in [0, 0.05) is 44.8 Å². The molecular formula is C19H25N3O3. The Labute approximate surface area is 148 Å². The first-order valence-corrected chi connectivity index (χ1v) is 8.66. The van der Waals surface area contributed by atoms with Crippen LogP contribution in [0, 0.1) is 5.92 Å². The third-order valence-electron chi connectivity index (χ3n) is 4.75. The van der Waals surface area contributed by atoms with E-state index in [1.807, 2.05) is 54.7 Å². The predicted molar refractivity (Wildman–Crippen MR) is 93.8 cm³/mol. The second-order valence-electron chi connectivity index (χ2n) is 6.58. The van der Waals surface area contributed by atoms with Crippen molar-refractivity contribution in [2.45, 2.75) is 18.9 Å². The van der Waals surface area contributed by atoms with Gasteiger partial charge in [0.2, 0.25) is 5.91 Å². The largest absolute Gasteiger partial charge is 0.396 e. The highest BCUT2D eigenvalue weighted by molar-refractivity contribution is 5.76. The lowest BCUT2D eigenvalue weighted by molar-refractivity contribution is -0.131. The minimum Gasteiger partial charge on any atom is -0.396 e. The number of benzene rings is 1. The number of hydrogen-bond donors (Lipinski definition) is 1. The topological polar surface area (TPSA) is 67.6 Å². The molecular weight excluding hydrogens is 318 g/mol. The standard InChI is InChI=1S/C19H25N3O3/c1-21-10-16(9-20-21)18-12-22(11-17(18)13-23)19(24)7-8-25-14-15-5-3-2-4-6-15/h2-6,9-10,17-18,23H,7-8,11-14H2,1H3/t17-,18-/m0/s1. The molecule has 0 saturated carbocycles. The van der Waals surface area contributed by atoms with E-state index in [4.69, 9.17) is 4.74 Å². The lowest BCUT2D eigenvalue weighted by Crippen LogP contribution is -2.30. The maximum atomic E-state index is 12.4. The van der Waals surface area contributed by atoms with E-state index in [0.717, 1.165) is 11.1 Å². The maximum absolute atomic E-state index is 12.4. The summed E-state index contributed by atoms with van der Waals surface area (Å²) in [5.41, 5.74) is 2.19. The third-order valence-corrected chi connectivity index (χ3v) is 4.75. The molecule has 3 rings (SSSR count). The van der Waals surface area contributed by atoms with Gasteiger partial charge in [0.15, 0.2) is 0 Å². The second-order valence-corrected chi connectivity index (χ2v) is 6.58. The van der Waals surface area contributed by atoms with E-state index in [9.17, 15) is 9.90 Å². The average molecular weight is 343 g/mol. The van der Waals surface area contributed by atoms with Crippen LogP contribution in [0.15, 0.2) is 42.7 Å². The number of aliphatic hydroxyl groups excluding tert-OH is 1. The molecule has 6 heteroatoms. The summed E-state index contributed by atoms with van der Waals surface area (Å²) >= 11 is 0. The Balaban J connectivity index is 1.47. The number of aliphatic hydroxyl groups is 1. The summed E-state index contributed by atoms with van der Waals surface area (Å²) in [6.45, 7) is 2.23. The molecule has 1 aromatic heterocycles. The number of amides is 1. The first-order valence-electron chi connectivity index (χ1n) is 8.66. The number of aryl methyl sites for hydroxylation is 1. The number of likely N-dealkylation sites (tertiary alicyclic amines) is 1. The van der Waals surface area contributed by atoms with Gasteiger partial charge in [-0.3, -0.25) is 9.48 Å². The first kappa shape index (κ1) is 17.6. The molecule has 1 aliphatic rings. The third kappa shape index (κ3) is 4.46. The number of rotatable bonds is 7. The molecule has 6 nitrogen and oxygen atoms in total. The van der Waals surface area contributed by atoms with Crippen molar-refractivity contribution >= 4 is 5.91 Å². The van der Waals surface area contributed by atoms with Crippen LogP contribution in [0.3, 0.4) is 0 Å². The van der Waals surface area contributed by atoms with Gasteiger partial charge in [0.25, 0.3) is 0 Å². The van der Waals surface area contributed by atoms with Crippen LogP contribution in [-0.2, 0) is 23.2 Å². The molecule has 1 N–H and O–H groups in total. The molecule has 134 valence electrons. The number of carbonyl (C=O) groups excluding carboxylic acids is 1. The van der Waals surface area contributed by atoms with Crippen LogP contribution in [0.25, 0.3) is 0 Å². The van der Waals surface area contributed by atoms with Crippen molar-refractivity contribution < 1.29 is 14.6 Å². The number of hydrogen-bond acceptors (Lipinski definition) is 4. The molecule has 1 aliphatic heterocycles. The molecule has 1 aromatic carbocycles. The molecule has 1 fully saturated rings. The average Bonchev–Trinajstić information content (AvgIpc) is 3.25. The highest BCUT2D eigenvalue weighted by Gasteiger charge is 2.36. The Hall–Kier alpha value is -2.18. The van der Waals surface area contributed by atoms with Crippen LogP contribution in [0.2, 0.25) is 0 Å². The molecule has 2 aromatic rings. The molecule has 25 heavy (non-hydrogen) atoms. The van der Waals surface area contributed by atoms with Gasteiger partial charge < -0.3 is 14.7 Å². The molecule has 2 atom stereocenters. The summed E-state index contributed by atoms with van der Waals surface area (Å²) in [6, 6.07) is 9.93. The molecule has 0 radical (unpaired) electrons. The fourth-order valence-electron chi connectivity index (χ4n) is 3.35. The first-order chi connectivity index (χ1) is 12.2. The Kier molecular flexibility index (Phi) is 5.83. The SMILES string of the molecule is Cn1cc([C@@H]2CN(C(=O)CCOCc3ccccc3)C[C@H]2CO)cn1. The Morgan fingerprint density at radius 3 is 2.80 bits per heavy atom. The fraction of sp³-hybridized carbons (Fsp3) is 0.474. The number of aromatic nitrogens is 2. The van der Waals surface area contributed by atoms with E-state index in [1.54, 1.807) is 4.68 Å². The highest BCUT2D eigenvalue weighted by atomic mass is 16.5. The Morgan fingerprint density at radius 1 is 1.32 bits per heavy atom. The van der Waals surface area contributed by atoms with Crippen LogP contribution in [-0.4, -0.2) is 52.0 Å². The van der Waals surface area contributed by atoms with Crippen molar-refractivity contribution in [3.63, 3.8) is 0 Å². The molecule has 0 spiro atoms. The van der Waals surface area contributed by atoms with Crippen LogP contribution in [0.4, 0.5) is 0 Å². The molecule has 0 unspecified atom stereocenters. The Morgan fingerprint density at radius 2 is 2.12 bits per heavy atom. The van der Waals surface area contributed by atoms with E-state index in [-0.39, 0.29) is 24.3 Å². The normalized spacial score (nSPS) is 20.2. The zero-order valence-electron chi connectivity index (χ0n) is 14.5. The van der Waals surface area contributed by atoms with E-state index in [2.05, 4.69) is 5.10 Å². The van der Waals surface area contributed by atoms with Crippen molar-refractivity contribution in [1.82, 2.24) is 14.7 Å². The summed E-state index contributed by atoms with van der Waals surface area (Å²) in [4.78, 5) is 14.3. The molecule has 1 saturated heterocycles. The van der Waals surface area contributed by atoms with Gasteiger partial charge in [-0.05, 0) is 11.1 Å². The van der Waals surface area contributed by atoms with Gasteiger partial charge in [-0.25, -0.2) is 0 Å². The van der Waals surface area contributed by atoms with Crippen molar-refractivity contribution in [3.05, 3.63) is 53.9 Å². The van der Waals surface area contributed by atoms with E-state index in [0.29, 0.717) is 32.7 Å². The zero-order chi connectivity index (χ0) is 17.6. The minimum absolute atomic E-state index is 0.0680. The van der Waals surface area contributed by atoms with E-state index >= 15 is 0 Å². The summed E-state index contributed by atoms with van der Waals surface area (Å²) in [5.74, 6) is 0.296. The highest BCUT2D eigenvalue weighted by Crippen LogP contribution is 2.32. The summed E-state index contributed by atoms with van der Waals surface area (Å²) < 4.78 is 7.36. The zero-order valence-corrected chi connectivity index (χ0v) is 14.5. The fourth-order valence-corrected chi connectivity index (χ4v) is 3.35. The van der Waals surface area contributed by atoms with Crippen molar-refractivity contribution in [1.29, 1.82) is 0 Å². The lowest BCUT2D eigenvalue weighted by atomic mass is 9.92.